The molecule has 4 N–H and O–H groups in total. The molecule has 55 heavy (non-hydrogen) atoms. The van der Waals surface area contributed by atoms with E-state index in [1.54, 1.807) is 18.3 Å². The molecule has 327 valence electrons. The van der Waals surface area contributed by atoms with Gasteiger partial charge in [0.1, 0.15) is 11.3 Å². The third kappa shape index (κ3) is 52.2. The Hall–Kier alpha value is 2.15. The van der Waals surface area contributed by atoms with Gasteiger partial charge < -0.3 is 113 Å². The first-order valence-electron chi connectivity index (χ1n) is 17.6. The summed E-state index contributed by atoms with van der Waals surface area (Å²) < 4.78 is 22.8. The summed E-state index contributed by atoms with van der Waals surface area (Å²) in [5.74, 6) is 0.239. The van der Waals surface area contributed by atoms with Gasteiger partial charge in [-0.1, -0.05) is 102 Å². The number of fused-ring (bicyclic) bond motifs is 1. The molecule has 1 aromatic heterocycles. The van der Waals surface area contributed by atoms with E-state index in [4.69, 9.17) is 17.7 Å². The summed E-state index contributed by atoms with van der Waals surface area (Å²) in [6.45, 7) is 13.4. The quantitative estimate of drug-likeness (QED) is 0.0666. The van der Waals surface area contributed by atoms with Crippen molar-refractivity contribution in [1.82, 2.24) is 4.98 Å². The number of benzene rings is 1. The number of hydrogen-bond acceptors (Lipinski definition) is 7. The van der Waals surface area contributed by atoms with Gasteiger partial charge in [-0.15, -0.1) is 0 Å². The molecule has 1 aromatic carbocycles. The Morgan fingerprint density at radius 1 is 0.582 bits per heavy atom. The maximum Gasteiger partial charge on any atom is 3.00 e. The van der Waals surface area contributed by atoms with Crippen molar-refractivity contribution in [2.45, 2.75) is 125 Å². The van der Waals surface area contributed by atoms with Crippen LogP contribution in [0.3, 0.4) is 0 Å². The molecule has 0 aliphatic heterocycles. The molecule has 0 amide bonds. The summed E-state index contributed by atoms with van der Waals surface area (Å²) in [7, 11) is 4.09. The van der Waals surface area contributed by atoms with E-state index in [0.717, 1.165) is 9.87 Å². The number of aromatic nitrogens is 1. The average molecular weight is 995 g/mol. The second kappa shape index (κ2) is 60.5. The van der Waals surface area contributed by atoms with Crippen LogP contribution in [-0.2, 0) is 34.5 Å². The van der Waals surface area contributed by atoms with Crippen LogP contribution in [0.15, 0.2) is 36.5 Å². The third-order valence-electron chi connectivity index (χ3n) is 7.08. The molecule has 0 saturated heterocycles. The minimum atomic E-state index is -2.80. The van der Waals surface area contributed by atoms with E-state index in [0.29, 0.717) is 31.9 Å². The number of quaternary nitrogens is 1. The van der Waals surface area contributed by atoms with Crippen LogP contribution in [0, 0.1) is 0 Å². The van der Waals surface area contributed by atoms with Crippen molar-refractivity contribution in [3.63, 3.8) is 0 Å². The van der Waals surface area contributed by atoms with Gasteiger partial charge in [-0.25, -0.2) is 0 Å². The molecule has 0 spiro atoms. The number of halogens is 6. The molecule has 0 unspecified atom stereocenters. The summed E-state index contributed by atoms with van der Waals surface area (Å²) in [5.41, 5.74) is 0.662. The number of unbranched alkanes of at least 4 members (excludes halogenated alkanes) is 13. The number of phenolic OH excluding ortho intramolecular Hbond substituents is 1. The second-order valence-electron chi connectivity index (χ2n) is 12.2. The summed E-state index contributed by atoms with van der Waals surface area (Å²) in [6.07, 6.45) is 22.0. The molecule has 2 aromatic rings. The van der Waals surface area contributed by atoms with E-state index >= 15 is 0 Å². The summed E-state index contributed by atoms with van der Waals surface area (Å²) in [6, 6.07) is 9.13. The molecule has 9 nitrogen and oxygen atoms in total. The fraction of sp³-hybridized carbons (Fsp3) is 0.750. The molecule has 0 aliphatic carbocycles. The largest absolute Gasteiger partial charge is 3.00 e. The van der Waals surface area contributed by atoms with Crippen LogP contribution in [0.1, 0.15) is 125 Å². The van der Waals surface area contributed by atoms with Crippen molar-refractivity contribution in [2.24, 2.45) is 0 Å². The van der Waals surface area contributed by atoms with Crippen LogP contribution >= 0.6 is 0 Å². The zero-order valence-corrected chi connectivity index (χ0v) is 44.7. The maximum absolute atomic E-state index is 9.31. The standard InChI is InChI=1S/C19H42N.C9H7NO.C8H20O4Si.Al.6ClH.Co.Na.2H2O/c1-5-6-7-8-9-10-11-12-13-14-15-16-17-18-19-20(2,3)4;11-8-5-1-3-7-4-2-6-10-9(7)8;1-5-9-13(10-6-2,11-7-3)12-8-4;;;;;;;;;;;/h5-19H2,1-4H3;1-6,11H;5-8H2,1-4H3;;6*1H;;;2*1H2/q+1;;;+3;;;;;;;+2;+1;;/p-7. The van der Waals surface area contributed by atoms with Crippen molar-refractivity contribution in [3.05, 3.63) is 36.5 Å². The predicted molar refractivity (Wildman–Crippen MR) is 200 cm³/mol. The normalized spacial score (nSPS) is 9.24. The molecule has 0 atom stereocenters. The van der Waals surface area contributed by atoms with Crippen LogP contribution in [0.5, 0.6) is 5.75 Å². The number of nitrogens with zero attached hydrogens (tertiary/aromatic N) is 2. The van der Waals surface area contributed by atoms with Crippen molar-refractivity contribution >= 4 is 37.3 Å². The molecule has 1 heterocycles. The topological polar surface area (TPSA) is 132 Å². The zero-order valence-electron chi connectivity index (χ0n) is 35.0. The minimum absolute atomic E-state index is 0. The number of pyridine rings is 1. The SMILES string of the molecule is CCCCCCCCCCCCCCCC[N+](C)(C)C.CCO[Si](OCC)(OCC)OCC.O.Oc1cccc2cccnc12.[Al+3].[Cl-].[Cl-].[Cl-].[Cl-].[Cl-].[Cl-].[Co+2].[Na+].[OH-]. The van der Waals surface area contributed by atoms with Gasteiger partial charge in [-0.2, -0.15) is 0 Å². The Morgan fingerprint density at radius 3 is 1.22 bits per heavy atom. The first-order valence-corrected chi connectivity index (χ1v) is 19.2. The Bertz CT molecular complexity index is 929. The monoisotopic (exact) mass is 991 g/mol. The molecule has 0 bridgehead atoms. The van der Waals surface area contributed by atoms with Crippen molar-refractivity contribution < 1.29 is 159 Å². The van der Waals surface area contributed by atoms with Gasteiger partial charge in [0.05, 0.1) is 27.7 Å². The van der Waals surface area contributed by atoms with Gasteiger partial charge in [0.2, 0.25) is 0 Å². The fourth-order valence-electron chi connectivity index (χ4n) is 4.83. The van der Waals surface area contributed by atoms with Gasteiger partial charge in [-0.05, 0) is 52.7 Å². The van der Waals surface area contributed by atoms with E-state index in [1.807, 2.05) is 45.9 Å². The number of aromatic hydroxyl groups is 1. The summed E-state index contributed by atoms with van der Waals surface area (Å²) >= 11 is 0. The Kier molecular flexibility index (Phi) is 97.1. The Labute approximate surface area is 418 Å². The first kappa shape index (κ1) is 88.4. The van der Waals surface area contributed by atoms with Gasteiger partial charge in [0.25, 0.3) is 0 Å². The van der Waals surface area contributed by atoms with Gasteiger partial charge in [0, 0.05) is 38.0 Å². The maximum atomic E-state index is 9.31. The van der Waals surface area contributed by atoms with Gasteiger partial charge in [0.15, 0.2) is 0 Å². The van der Waals surface area contributed by atoms with Crippen molar-refractivity contribution in [1.29, 1.82) is 0 Å². The van der Waals surface area contributed by atoms with E-state index in [1.165, 1.54) is 96.4 Å². The summed E-state index contributed by atoms with van der Waals surface area (Å²) in [4.78, 5) is 4.03. The predicted octanol–water partition coefficient (Wildman–Crippen LogP) is -12.7. The fourth-order valence-corrected chi connectivity index (χ4v) is 6.74. The molecule has 0 saturated carbocycles. The van der Waals surface area contributed by atoms with E-state index in [9.17, 15) is 5.11 Å². The molecular weight excluding hydrogens is 922 g/mol. The van der Waals surface area contributed by atoms with Crippen LogP contribution in [0.2, 0.25) is 0 Å². The third-order valence-corrected chi connectivity index (χ3v) is 9.65. The molecule has 0 fully saturated rings. The molecule has 0 aliphatic rings. The van der Waals surface area contributed by atoms with E-state index in [-0.39, 0.29) is 155 Å². The van der Waals surface area contributed by atoms with Gasteiger partial charge >= 0.3 is 72.7 Å². The van der Waals surface area contributed by atoms with Crippen LogP contribution in [0.4, 0.5) is 0 Å². The number of phenols is 1. The second-order valence-corrected chi connectivity index (χ2v) is 14.3. The van der Waals surface area contributed by atoms with E-state index < -0.39 is 9.05 Å². The van der Waals surface area contributed by atoms with Gasteiger partial charge in [-0.3, -0.25) is 4.98 Å². The average Bonchev–Trinajstić information content (AvgIpc) is 2.98. The van der Waals surface area contributed by atoms with Crippen molar-refractivity contribution in [2.75, 3.05) is 54.1 Å². The zero-order chi connectivity index (χ0) is 32.9. The number of hydrogen-bond donors (Lipinski definition) is 1. The molecule has 19 heteroatoms. The minimum Gasteiger partial charge on any atom is -1.00 e. The van der Waals surface area contributed by atoms with Crippen LogP contribution < -0.4 is 104 Å². The molecule has 2 rings (SSSR count). The van der Waals surface area contributed by atoms with Crippen LogP contribution in [0.25, 0.3) is 10.9 Å². The van der Waals surface area contributed by atoms with E-state index in [2.05, 4.69) is 33.1 Å². The first-order chi connectivity index (χ1) is 21.2. The smallest absolute Gasteiger partial charge is 1.00 e. The Balaban J connectivity index is -0.0000000474. The molecule has 1 radical (unpaired) electrons. The van der Waals surface area contributed by atoms with Crippen LogP contribution in [-0.4, -0.2) is 106 Å². The Morgan fingerprint density at radius 2 is 0.909 bits per heavy atom. The number of para-hydroxylation sites is 1. The summed E-state index contributed by atoms with van der Waals surface area (Å²) in [5, 5.41) is 10.3. The molecular formula is C36H72AlCl6CoN2NaO7Si. The van der Waals surface area contributed by atoms with Crippen molar-refractivity contribution in [3.8, 4) is 5.75 Å². The number of rotatable bonds is 23.